The first-order valence-corrected chi connectivity index (χ1v) is 7.58. The Morgan fingerprint density at radius 1 is 1.15 bits per heavy atom. The molecule has 2 atom stereocenters. The average molecular weight is 263 g/mol. The molecule has 0 radical (unpaired) electrons. The largest absolute Gasteiger partial charge is 0.377 e. The predicted molar refractivity (Wildman–Crippen MR) is 84.4 cm³/mol. The van der Waals surface area contributed by atoms with Gasteiger partial charge in [-0.15, -0.1) is 0 Å². The summed E-state index contributed by atoms with van der Waals surface area (Å²) in [7, 11) is 0. The fourth-order valence-electron chi connectivity index (χ4n) is 3.98. The molecule has 0 saturated heterocycles. The van der Waals surface area contributed by atoms with Crippen molar-refractivity contribution < 1.29 is 0 Å². The van der Waals surface area contributed by atoms with Gasteiger partial charge in [0.2, 0.25) is 0 Å². The molecule has 1 N–H and O–H groups in total. The number of hydrogen-bond acceptors (Lipinski definition) is 1. The van der Waals surface area contributed by atoms with Crippen LogP contribution in [0.1, 0.15) is 55.0 Å². The van der Waals surface area contributed by atoms with Crippen molar-refractivity contribution in [2.45, 2.75) is 44.6 Å². The van der Waals surface area contributed by atoms with Crippen LogP contribution < -0.4 is 5.32 Å². The monoisotopic (exact) mass is 263 g/mol. The summed E-state index contributed by atoms with van der Waals surface area (Å²) in [5.74, 6) is 0.590. The molecular formula is C19H21N. The number of hydrogen-bond donors (Lipinski definition) is 1. The quantitative estimate of drug-likeness (QED) is 0.780. The molecule has 2 aromatic rings. The van der Waals surface area contributed by atoms with Crippen LogP contribution in [0.25, 0.3) is 0 Å². The van der Waals surface area contributed by atoms with Crippen LogP contribution in [0.5, 0.6) is 0 Å². The summed E-state index contributed by atoms with van der Waals surface area (Å²) in [6.45, 7) is 6.96. The molecule has 1 heterocycles. The zero-order valence-electron chi connectivity index (χ0n) is 12.4. The Labute approximate surface area is 121 Å². The molecule has 0 aromatic heterocycles. The van der Waals surface area contributed by atoms with Crippen molar-refractivity contribution in [1.29, 1.82) is 0 Å². The van der Waals surface area contributed by atoms with Crippen LogP contribution in [0.4, 0.5) is 5.69 Å². The van der Waals surface area contributed by atoms with E-state index in [0.717, 1.165) is 6.42 Å². The standard InChI is InChI=1S/C19H21N/c1-12(2)13-8-9-17-16(10-13)19(3)11-14-6-4-5-7-15(14)18(19)20-17/h4-10,12,18,20H,11H2,1-3H3. The van der Waals surface area contributed by atoms with Crippen LogP contribution in [-0.2, 0) is 11.8 Å². The summed E-state index contributed by atoms with van der Waals surface area (Å²) >= 11 is 0. The molecule has 1 aliphatic heterocycles. The predicted octanol–water partition coefficient (Wildman–Crippen LogP) is 4.79. The van der Waals surface area contributed by atoms with Gasteiger partial charge in [0.15, 0.2) is 0 Å². The molecule has 0 spiro atoms. The maximum atomic E-state index is 3.76. The number of nitrogens with one attached hydrogen (secondary N) is 1. The molecule has 0 amide bonds. The second kappa shape index (κ2) is 3.88. The highest BCUT2D eigenvalue weighted by atomic mass is 15.0. The number of anilines is 1. The first-order chi connectivity index (χ1) is 9.59. The van der Waals surface area contributed by atoms with E-state index in [0.29, 0.717) is 12.0 Å². The van der Waals surface area contributed by atoms with E-state index in [1.54, 1.807) is 0 Å². The third-order valence-corrected chi connectivity index (χ3v) is 5.19. The summed E-state index contributed by atoms with van der Waals surface area (Å²) in [6.07, 6.45) is 1.15. The number of rotatable bonds is 1. The van der Waals surface area contributed by atoms with E-state index in [-0.39, 0.29) is 5.41 Å². The first-order valence-electron chi connectivity index (χ1n) is 7.58. The van der Waals surface area contributed by atoms with Gasteiger partial charge in [0, 0.05) is 11.1 Å². The van der Waals surface area contributed by atoms with E-state index in [9.17, 15) is 0 Å². The van der Waals surface area contributed by atoms with Gasteiger partial charge in [0.25, 0.3) is 0 Å². The smallest absolute Gasteiger partial charge is 0.0614 e. The van der Waals surface area contributed by atoms with Crippen LogP contribution in [0.15, 0.2) is 42.5 Å². The minimum Gasteiger partial charge on any atom is -0.377 e. The van der Waals surface area contributed by atoms with Crippen molar-refractivity contribution in [2.75, 3.05) is 5.32 Å². The summed E-state index contributed by atoms with van der Waals surface area (Å²) < 4.78 is 0. The van der Waals surface area contributed by atoms with Crippen molar-refractivity contribution in [3.63, 3.8) is 0 Å². The number of benzene rings is 2. The van der Waals surface area contributed by atoms with E-state index < -0.39 is 0 Å². The SMILES string of the molecule is CC(C)c1ccc2c(c1)C1(C)Cc3ccccc3C1N2. The van der Waals surface area contributed by atoms with Crippen LogP contribution in [-0.4, -0.2) is 0 Å². The van der Waals surface area contributed by atoms with Crippen LogP contribution in [0, 0.1) is 0 Å². The molecule has 1 nitrogen and oxygen atoms in total. The van der Waals surface area contributed by atoms with Crippen molar-refractivity contribution in [3.8, 4) is 0 Å². The Bertz CT molecular complexity index is 686. The van der Waals surface area contributed by atoms with E-state index in [4.69, 9.17) is 0 Å². The van der Waals surface area contributed by atoms with Crippen molar-refractivity contribution in [2.24, 2.45) is 0 Å². The Morgan fingerprint density at radius 3 is 2.75 bits per heavy atom. The molecule has 1 heteroatoms. The molecule has 2 aromatic carbocycles. The zero-order valence-corrected chi connectivity index (χ0v) is 12.4. The third-order valence-electron chi connectivity index (χ3n) is 5.19. The van der Waals surface area contributed by atoms with Gasteiger partial charge in [-0.2, -0.15) is 0 Å². The second-order valence-electron chi connectivity index (χ2n) is 6.83. The normalized spacial score (nSPS) is 26.1. The third kappa shape index (κ3) is 1.44. The molecular weight excluding hydrogens is 242 g/mol. The highest BCUT2D eigenvalue weighted by Gasteiger charge is 2.49. The minimum atomic E-state index is 0.212. The Balaban J connectivity index is 1.86. The highest BCUT2D eigenvalue weighted by molar-refractivity contribution is 5.67. The molecule has 2 unspecified atom stereocenters. The topological polar surface area (TPSA) is 12.0 Å². The van der Waals surface area contributed by atoms with E-state index in [1.807, 2.05) is 0 Å². The molecule has 102 valence electrons. The van der Waals surface area contributed by atoms with Crippen molar-refractivity contribution >= 4 is 5.69 Å². The highest BCUT2D eigenvalue weighted by Crippen LogP contribution is 2.55. The lowest BCUT2D eigenvalue weighted by Crippen LogP contribution is -2.25. The lowest BCUT2D eigenvalue weighted by atomic mass is 9.78. The molecule has 4 rings (SSSR count). The Kier molecular flexibility index (Phi) is 2.33. The van der Waals surface area contributed by atoms with E-state index >= 15 is 0 Å². The van der Waals surface area contributed by atoms with Gasteiger partial charge in [-0.25, -0.2) is 0 Å². The van der Waals surface area contributed by atoms with Crippen LogP contribution >= 0.6 is 0 Å². The van der Waals surface area contributed by atoms with E-state index in [1.165, 1.54) is 27.9 Å². The van der Waals surface area contributed by atoms with Gasteiger partial charge in [0.05, 0.1) is 6.04 Å². The lowest BCUT2D eigenvalue weighted by molar-refractivity contribution is 0.464. The Morgan fingerprint density at radius 2 is 1.95 bits per heavy atom. The molecule has 0 bridgehead atoms. The molecule has 20 heavy (non-hydrogen) atoms. The zero-order chi connectivity index (χ0) is 13.9. The van der Waals surface area contributed by atoms with Gasteiger partial charge in [0.1, 0.15) is 0 Å². The number of fused-ring (bicyclic) bond motifs is 5. The van der Waals surface area contributed by atoms with Gasteiger partial charge in [-0.05, 0) is 40.7 Å². The summed E-state index contributed by atoms with van der Waals surface area (Å²) in [4.78, 5) is 0. The average Bonchev–Trinajstić information content (AvgIpc) is 2.87. The molecule has 0 saturated carbocycles. The maximum absolute atomic E-state index is 3.76. The molecule has 0 fully saturated rings. The van der Waals surface area contributed by atoms with Crippen molar-refractivity contribution in [1.82, 2.24) is 0 Å². The fourth-order valence-corrected chi connectivity index (χ4v) is 3.98. The van der Waals surface area contributed by atoms with Crippen LogP contribution in [0.3, 0.4) is 0 Å². The van der Waals surface area contributed by atoms with Gasteiger partial charge in [-0.3, -0.25) is 0 Å². The Hall–Kier alpha value is -1.76. The maximum Gasteiger partial charge on any atom is 0.0614 e. The fraction of sp³-hybridized carbons (Fsp3) is 0.368. The molecule has 1 aliphatic carbocycles. The van der Waals surface area contributed by atoms with Gasteiger partial charge >= 0.3 is 0 Å². The van der Waals surface area contributed by atoms with Gasteiger partial charge in [-0.1, -0.05) is 57.2 Å². The van der Waals surface area contributed by atoms with Crippen molar-refractivity contribution in [3.05, 3.63) is 64.7 Å². The minimum absolute atomic E-state index is 0.212. The lowest BCUT2D eigenvalue weighted by Gasteiger charge is -2.25. The summed E-state index contributed by atoms with van der Waals surface area (Å²) in [5, 5.41) is 3.76. The summed E-state index contributed by atoms with van der Waals surface area (Å²) in [6, 6.07) is 16.3. The van der Waals surface area contributed by atoms with Crippen LogP contribution in [0.2, 0.25) is 0 Å². The first kappa shape index (κ1) is 12.0. The summed E-state index contributed by atoms with van der Waals surface area (Å²) in [5.41, 5.74) is 7.49. The van der Waals surface area contributed by atoms with E-state index in [2.05, 4.69) is 68.6 Å². The van der Waals surface area contributed by atoms with Gasteiger partial charge < -0.3 is 5.32 Å². The molecule has 2 aliphatic rings. The second-order valence-corrected chi connectivity index (χ2v) is 6.83.